The number of thioether (sulfide) groups is 1. The third-order valence-electron chi connectivity index (χ3n) is 5.40. The molecule has 4 unspecified atom stereocenters. The molecule has 3 rings (SSSR count). The lowest BCUT2D eigenvalue weighted by Crippen LogP contribution is -2.24. The first kappa shape index (κ1) is 27.4. The standard InChI is InChI=1S/C23H37N4O5PS/c1-15(2)11-17-18(32-33-30-8-7-29-9-10-34-22(28)23(4,5)6)12-19(31-17)27-14-26-20-16(3)24-13-25-21(20)27/h13-15,17-19,33H,7-12H2,1-6H3. The van der Waals surface area contributed by atoms with Crippen LogP contribution in [0.4, 0.5) is 0 Å². The largest absolute Gasteiger partial charge is 0.378 e. The molecule has 0 radical (unpaired) electrons. The van der Waals surface area contributed by atoms with Crippen molar-refractivity contribution in [1.29, 1.82) is 0 Å². The second-order valence-electron chi connectivity index (χ2n) is 9.86. The summed E-state index contributed by atoms with van der Waals surface area (Å²) in [5.41, 5.74) is 2.10. The van der Waals surface area contributed by atoms with E-state index in [1.807, 2.05) is 32.3 Å². The Morgan fingerprint density at radius 1 is 1.26 bits per heavy atom. The molecule has 1 fully saturated rings. The lowest BCUT2D eigenvalue weighted by Gasteiger charge is -2.20. The lowest BCUT2D eigenvalue weighted by atomic mass is 10.00. The van der Waals surface area contributed by atoms with Gasteiger partial charge in [0.15, 0.2) is 19.8 Å². The van der Waals surface area contributed by atoms with Crippen molar-refractivity contribution in [3.63, 3.8) is 0 Å². The lowest BCUT2D eigenvalue weighted by molar-refractivity contribution is -0.117. The van der Waals surface area contributed by atoms with Crippen LogP contribution in [0.2, 0.25) is 0 Å². The van der Waals surface area contributed by atoms with Crippen LogP contribution in [0.1, 0.15) is 59.4 Å². The summed E-state index contributed by atoms with van der Waals surface area (Å²) in [6, 6.07) is 0. The predicted octanol–water partition coefficient (Wildman–Crippen LogP) is 4.70. The monoisotopic (exact) mass is 512 g/mol. The van der Waals surface area contributed by atoms with E-state index in [2.05, 4.69) is 28.8 Å². The van der Waals surface area contributed by atoms with E-state index >= 15 is 0 Å². The summed E-state index contributed by atoms with van der Waals surface area (Å²) in [6.07, 6.45) is 4.67. The van der Waals surface area contributed by atoms with Gasteiger partial charge in [0.25, 0.3) is 0 Å². The molecular weight excluding hydrogens is 475 g/mol. The molecule has 2 aromatic rings. The highest BCUT2D eigenvalue weighted by Gasteiger charge is 2.38. The van der Waals surface area contributed by atoms with Gasteiger partial charge in [-0.15, -0.1) is 0 Å². The number of nitrogens with zero attached hydrogens (tertiary/aromatic N) is 4. The molecule has 190 valence electrons. The van der Waals surface area contributed by atoms with Gasteiger partial charge in [-0.1, -0.05) is 46.4 Å². The molecule has 1 aliphatic heterocycles. The highest BCUT2D eigenvalue weighted by Crippen LogP contribution is 2.38. The molecule has 3 heterocycles. The molecule has 1 aliphatic rings. The van der Waals surface area contributed by atoms with Crippen molar-refractivity contribution in [3.8, 4) is 0 Å². The number of carbonyl (C=O) groups excluding carboxylic acids is 1. The Hall–Kier alpha value is -1.16. The molecule has 0 aliphatic carbocycles. The average Bonchev–Trinajstić information content (AvgIpc) is 3.36. The molecule has 0 N–H and O–H groups in total. The number of aromatic nitrogens is 4. The van der Waals surface area contributed by atoms with Gasteiger partial charge in [0.2, 0.25) is 0 Å². The number of rotatable bonds is 12. The Bertz CT molecular complexity index is 936. The minimum atomic E-state index is -0.319. The Kier molecular flexibility index (Phi) is 10.2. The Morgan fingerprint density at radius 2 is 2.06 bits per heavy atom. The van der Waals surface area contributed by atoms with Crippen LogP contribution in [0.5, 0.6) is 0 Å². The van der Waals surface area contributed by atoms with E-state index in [4.69, 9.17) is 18.5 Å². The van der Waals surface area contributed by atoms with E-state index in [0.717, 1.165) is 23.3 Å². The number of imidazole rings is 1. The van der Waals surface area contributed by atoms with E-state index in [1.165, 1.54) is 11.8 Å². The van der Waals surface area contributed by atoms with Gasteiger partial charge >= 0.3 is 0 Å². The Morgan fingerprint density at radius 3 is 2.79 bits per heavy atom. The van der Waals surface area contributed by atoms with Crippen molar-refractivity contribution in [2.45, 2.75) is 72.8 Å². The minimum absolute atomic E-state index is 0.0184. The smallest absolute Gasteiger partial charge is 0.194 e. The second kappa shape index (κ2) is 12.7. The Balaban J connectivity index is 1.41. The molecular formula is C23H37N4O5PS. The summed E-state index contributed by atoms with van der Waals surface area (Å²) in [4.78, 5) is 25.0. The zero-order valence-corrected chi connectivity index (χ0v) is 22.8. The highest BCUT2D eigenvalue weighted by atomic mass is 32.2. The van der Waals surface area contributed by atoms with Gasteiger partial charge in [0, 0.05) is 17.6 Å². The molecule has 0 bridgehead atoms. The van der Waals surface area contributed by atoms with Crippen LogP contribution in [0.15, 0.2) is 12.7 Å². The van der Waals surface area contributed by atoms with E-state index in [1.54, 1.807) is 12.7 Å². The first-order valence-electron chi connectivity index (χ1n) is 11.7. The maximum Gasteiger partial charge on any atom is 0.194 e. The molecule has 1 saturated heterocycles. The maximum atomic E-state index is 11.9. The molecule has 0 amide bonds. The molecule has 0 aromatic carbocycles. The van der Waals surface area contributed by atoms with Crippen molar-refractivity contribution >= 4 is 37.1 Å². The second-order valence-corrected chi connectivity index (χ2v) is 11.6. The average molecular weight is 513 g/mol. The van der Waals surface area contributed by atoms with E-state index in [0.29, 0.717) is 37.9 Å². The molecule has 0 spiro atoms. The first-order valence-corrected chi connectivity index (χ1v) is 13.5. The van der Waals surface area contributed by atoms with Crippen LogP contribution in [-0.2, 0) is 23.3 Å². The summed E-state index contributed by atoms with van der Waals surface area (Å²) in [7, 11) is -0.0864. The van der Waals surface area contributed by atoms with Gasteiger partial charge < -0.3 is 18.5 Å². The number of hydrogen-bond donors (Lipinski definition) is 0. The predicted molar refractivity (Wildman–Crippen MR) is 135 cm³/mol. The van der Waals surface area contributed by atoms with E-state index in [-0.39, 0.29) is 38.0 Å². The van der Waals surface area contributed by atoms with Crippen LogP contribution in [-0.4, -0.2) is 62.4 Å². The summed E-state index contributed by atoms with van der Waals surface area (Å²) >= 11 is 1.32. The summed E-state index contributed by atoms with van der Waals surface area (Å²) in [5, 5.41) is 0.182. The van der Waals surface area contributed by atoms with E-state index in [9.17, 15) is 4.79 Å². The quantitative estimate of drug-likeness (QED) is 0.296. The first-order chi connectivity index (χ1) is 16.2. The zero-order chi connectivity index (χ0) is 24.7. The van der Waals surface area contributed by atoms with Crippen molar-refractivity contribution in [1.82, 2.24) is 19.5 Å². The molecule has 0 saturated carbocycles. The van der Waals surface area contributed by atoms with Gasteiger partial charge in [0.1, 0.15) is 18.1 Å². The number of hydrogen-bond acceptors (Lipinski definition) is 9. The highest BCUT2D eigenvalue weighted by molar-refractivity contribution is 8.13. The van der Waals surface area contributed by atoms with Gasteiger partial charge in [-0.05, 0) is 19.3 Å². The zero-order valence-electron chi connectivity index (χ0n) is 20.9. The summed E-state index contributed by atoms with van der Waals surface area (Å²) in [6.45, 7) is 13.5. The number of fused-ring (bicyclic) bond motifs is 1. The van der Waals surface area contributed by atoms with Crippen LogP contribution >= 0.6 is 20.8 Å². The number of ether oxygens (including phenoxy) is 2. The van der Waals surface area contributed by atoms with Crippen LogP contribution in [0, 0.1) is 18.3 Å². The van der Waals surface area contributed by atoms with Crippen molar-refractivity contribution < 1.29 is 23.3 Å². The van der Waals surface area contributed by atoms with Gasteiger partial charge in [0.05, 0.1) is 44.0 Å². The van der Waals surface area contributed by atoms with Gasteiger partial charge in [-0.25, -0.2) is 15.0 Å². The minimum Gasteiger partial charge on any atom is -0.378 e. The van der Waals surface area contributed by atoms with Gasteiger partial charge in [-0.2, -0.15) is 0 Å². The number of aryl methyl sites for hydroxylation is 1. The van der Waals surface area contributed by atoms with E-state index < -0.39 is 0 Å². The Labute approximate surface area is 208 Å². The topological polar surface area (TPSA) is 97.6 Å². The molecule has 9 nitrogen and oxygen atoms in total. The van der Waals surface area contributed by atoms with Crippen molar-refractivity contribution in [3.05, 3.63) is 18.3 Å². The SMILES string of the molecule is Cc1ncnc2c1ncn2C1CC(OPOCCOCCSC(=O)C(C)(C)C)C(CC(C)C)O1. The van der Waals surface area contributed by atoms with Gasteiger partial charge in [-0.3, -0.25) is 9.36 Å². The number of carbonyl (C=O) groups is 1. The third-order valence-corrected chi connectivity index (χ3v) is 7.36. The third kappa shape index (κ3) is 7.67. The van der Waals surface area contributed by atoms with Crippen molar-refractivity contribution in [2.24, 2.45) is 11.3 Å². The molecule has 2 aromatic heterocycles. The maximum absolute atomic E-state index is 11.9. The van der Waals surface area contributed by atoms with Crippen LogP contribution in [0.3, 0.4) is 0 Å². The fourth-order valence-corrected chi connectivity index (χ4v) is 5.03. The van der Waals surface area contributed by atoms with Crippen LogP contribution in [0.25, 0.3) is 11.2 Å². The normalized spacial score (nSPS) is 21.4. The summed E-state index contributed by atoms with van der Waals surface area (Å²) in [5.74, 6) is 1.14. The van der Waals surface area contributed by atoms with Crippen LogP contribution < -0.4 is 0 Å². The summed E-state index contributed by atoms with van der Waals surface area (Å²) < 4.78 is 25.7. The molecule has 11 heteroatoms. The fourth-order valence-electron chi connectivity index (χ4n) is 3.60. The fraction of sp³-hybridized carbons (Fsp3) is 0.739. The van der Waals surface area contributed by atoms with Crippen molar-refractivity contribution in [2.75, 3.05) is 25.6 Å². The molecule has 4 atom stereocenters. The molecule has 34 heavy (non-hydrogen) atoms.